The molecule has 0 aromatic rings. The van der Waals surface area contributed by atoms with E-state index in [0.29, 0.717) is 26.1 Å². The van der Waals surface area contributed by atoms with Gasteiger partial charge in [-0.15, -0.1) is 0 Å². The lowest BCUT2D eigenvalue weighted by molar-refractivity contribution is -0.151. The molecule has 2 heterocycles. The third-order valence-corrected chi connectivity index (χ3v) is 5.50. The van der Waals surface area contributed by atoms with Crippen LogP contribution in [0.4, 0.5) is 4.79 Å². The van der Waals surface area contributed by atoms with Crippen molar-refractivity contribution >= 4 is 17.8 Å². The number of amides is 4. The van der Waals surface area contributed by atoms with Crippen LogP contribution in [0.25, 0.3) is 0 Å². The Hall–Kier alpha value is -1.51. The molecular formula is C18H32N4O4. The number of hydrogen-bond donors (Lipinski definition) is 4. The number of carbonyl (C=O) groups excluding carboxylic acids is 3. The van der Waals surface area contributed by atoms with Gasteiger partial charge in [-0.1, -0.05) is 45.4 Å². The van der Waals surface area contributed by atoms with Crippen LogP contribution in [0.1, 0.15) is 51.9 Å². The molecule has 0 aromatic carbocycles. The van der Waals surface area contributed by atoms with E-state index in [4.69, 9.17) is 0 Å². The van der Waals surface area contributed by atoms with Crippen molar-refractivity contribution in [2.45, 2.75) is 57.9 Å². The van der Waals surface area contributed by atoms with Gasteiger partial charge in [-0.05, 0) is 6.42 Å². The molecule has 8 heteroatoms. The summed E-state index contributed by atoms with van der Waals surface area (Å²) >= 11 is 0. The molecule has 2 fully saturated rings. The molecule has 2 saturated heterocycles. The molecule has 8 nitrogen and oxygen atoms in total. The smallest absolute Gasteiger partial charge is 0.328 e. The summed E-state index contributed by atoms with van der Waals surface area (Å²) in [5, 5.41) is 17.2. The number of imide groups is 2. The van der Waals surface area contributed by atoms with Crippen LogP contribution >= 0.6 is 0 Å². The van der Waals surface area contributed by atoms with Crippen LogP contribution in [0.3, 0.4) is 0 Å². The topological polar surface area (TPSA) is 111 Å². The molecule has 26 heavy (non-hydrogen) atoms. The van der Waals surface area contributed by atoms with Crippen LogP contribution in [0.5, 0.6) is 0 Å². The van der Waals surface area contributed by atoms with Gasteiger partial charge in [-0.2, -0.15) is 0 Å². The predicted octanol–water partition coefficient (Wildman–Crippen LogP) is 0.356. The molecular weight excluding hydrogens is 336 g/mol. The first-order valence-corrected chi connectivity index (χ1v) is 9.78. The van der Waals surface area contributed by atoms with Gasteiger partial charge in [0.2, 0.25) is 11.8 Å². The first-order chi connectivity index (χ1) is 12.6. The number of urea groups is 1. The number of hydrogen-bond acceptors (Lipinski definition) is 6. The number of nitrogens with one attached hydrogen (secondary N) is 3. The Kier molecular flexibility index (Phi) is 7.99. The highest BCUT2D eigenvalue weighted by molar-refractivity contribution is 6.19. The van der Waals surface area contributed by atoms with Crippen LogP contribution < -0.4 is 16.0 Å². The molecule has 2 rings (SSSR count). The average Bonchev–Trinajstić information content (AvgIpc) is 2.61. The maximum atomic E-state index is 12.8. The lowest BCUT2D eigenvalue weighted by Gasteiger charge is -2.47. The van der Waals surface area contributed by atoms with E-state index in [2.05, 4.69) is 22.9 Å². The molecule has 148 valence electrons. The van der Waals surface area contributed by atoms with Crippen LogP contribution in [-0.4, -0.2) is 66.7 Å². The monoisotopic (exact) mass is 368 g/mol. The number of rotatable bonds is 10. The largest absolute Gasteiger partial charge is 0.395 e. The second-order valence-electron chi connectivity index (χ2n) is 7.21. The molecule has 2 aliphatic heterocycles. The van der Waals surface area contributed by atoms with Crippen LogP contribution in [0.2, 0.25) is 0 Å². The van der Waals surface area contributed by atoms with Gasteiger partial charge in [0.15, 0.2) is 0 Å². The molecule has 1 unspecified atom stereocenters. The number of carbonyl (C=O) groups is 3. The first-order valence-electron chi connectivity index (χ1n) is 9.78. The van der Waals surface area contributed by atoms with Crippen molar-refractivity contribution in [3.8, 4) is 0 Å². The number of barbiturate groups is 1. The molecule has 0 saturated carbocycles. The number of nitrogens with zero attached hydrogens (tertiary/aromatic N) is 1. The standard InChI is InChI=1S/C18H32N4O4/c1-2-3-4-5-6-7-8-18(15(24)20-17(26)21-16(18)25)14-13-19-9-10-22(14)11-12-23/h14,19,23H,2-13H2,1H3,(H2,20,21,24,25,26). The first kappa shape index (κ1) is 20.8. The Morgan fingerprint density at radius 3 is 2.38 bits per heavy atom. The van der Waals surface area contributed by atoms with Gasteiger partial charge in [0, 0.05) is 32.2 Å². The summed E-state index contributed by atoms with van der Waals surface area (Å²) in [7, 11) is 0. The van der Waals surface area contributed by atoms with Gasteiger partial charge >= 0.3 is 6.03 Å². The third-order valence-electron chi connectivity index (χ3n) is 5.50. The average molecular weight is 368 g/mol. The summed E-state index contributed by atoms with van der Waals surface area (Å²) in [6.07, 6.45) is 6.70. The highest BCUT2D eigenvalue weighted by Gasteiger charge is 2.56. The lowest BCUT2D eigenvalue weighted by atomic mass is 9.71. The van der Waals surface area contributed by atoms with Crippen molar-refractivity contribution in [3.63, 3.8) is 0 Å². The fraction of sp³-hybridized carbons (Fsp3) is 0.833. The highest BCUT2D eigenvalue weighted by Crippen LogP contribution is 2.36. The zero-order valence-corrected chi connectivity index (χ0v) is 15.7. The van der Waals surface area contributed by atoms with Crippen molar-refractivity contribution in [1.29, 1.82) is 0 Å². The molecule has 0 aliphatic carbocycles. The Labute approximate surface area is 155 Å². The number of aliphatic hydroxyl groups excluding tert-OH is 1. The number of β-amino-alcohol motifs (C(OH)–C–C–N with tert-alkyl or cyclic N) is 1. The van der Waals surface area contributed by atoms with Gasteiger partial charge < -0.3 is 10.4 Å². The zero-order chi connectivity index (χ0) is 19.0. The van der Waals surface area contributed by atoms with Crippen LogP contribution in [0.15, 0.2) is 0 Å². The zero-order valence-electron chi connectivity index (χ0n) is 15.7. The van der Waals surface area contributed by atoms with Crippen LogP contribution in [0, 0.1) is 5.41 Å². The fourth-order valence-electron chi connectivity index (χ4n) is 4.07. The number of unbranched alkanes of at least 4 members (excludes halogenated alkanes) is 5. The SMILES string of the molecule is CCCCCCCCC1(C2CNCCN2CCO)C(=O)NC(=O)NC1=O. The Morgan fingerprint density at radius 2 is 1.73 bits per heavy atom. The molecule has 0 spiro atoms. The molecule has 1 atom stereocenters. The van der Waals surface area contributed by atoms with Gasteiger partial charge in [0.05, 0.1) is 6.61 Å². The van der Waals surface area contributed by atoms with Crippen molar-refractivity contribution < 1.29 is 19.5 Å². The van der Waals surface area contributed by atoms with Crippen molar-refractivity contribution in [2.75, 3.05) is 32.8 Å². The van der Waals surface area contributed by atoms with E-state index in [9.17, 15) is 19.5 Å². The normalized spacial score (nSPS) is 23.6. The van der Waals surface area contributed by atoms with Gasteiger partial charge in [-0.3, -0.25) is 25.1 Å². The van der Waals surface area contributed by atoms with E-state index in [1.807, 2.05) is 4.90 Å². The Morgan fingerprint density at radius 1 is 1.08 bits per heavy atom. The molecule has 4 amide bonds. The molecule has 0 radical (unpaired) electrons. The molecule has 2 aliphatic rings. The van der Waals surface area contributed by atoms with Crippen molar-refractivity contribution in [1.82, 2.24) is 20.9 Å². The predicted molar refractivity (Wildman–Crippen MR) is 97.4 cm³/mol. The van der Waals surface area contributed by atoms with Gasteiger partial charge in [0.1, 0.15) is 5.41 Å². The number of piperazine rings is 1. The maximum absolute atomic E-state index is 12.8. The van der Waals surface area contributed by atoms with E-state index >= 15 is 0 Å². The summed E-state index contributed by atoms with van der Waals surface area (Å²) in [4.78, 5) is 39.3. The summed E-state index contributed by atoms with van der Waals surface area (Å²) in [6, 6.07) is -1.14. The van der Waals surface area contributed by atoms with Gasteiger partial charge in [-0.25, -0.2) is 4.79 Å². The second kappa shape index (κ2) is 9.99. The highest BCUT2D eigenvalue weighted by atomic mass is 16.3. The van der Waals surface area contributed by atoms with E-state index in [0.717, 1.165) is 32.2 Å². The lowest BCUT2D eigenvalue weighted by Crippen LogP contribution is -2.72. The molecule has 0 aromatic heterocycles. The minimum atomic E-state index is -1.30. The Balaban J connectivity index is 2.16. The minimum absolute atomic E-state index is 0.0359. The van der Waals surface area contributed by atoms with E-state index in [1.54, 1.807) is 0 Å². The quantitative estimate of drug-likeness (QED) is 0.327. The van der Waals surface area contributed by atoms with E-state index in [1.165, 1.54) is 12.8 Å². The summed E-state index contributed by atoms with van der Waals surface area (Å²) < 4.78 is 0. The third kappa shape index (κ3) is 4.61. The maximum Gasteiger partial charge on any atom is 0.328 e. The number of aliphatic hydroxyl groups is 1. The fourth-order valence-corrected chi connectivity index (χ4v) is 4.07. The molecule has 4 N–H and O–H groups in total. The molecule has 0 bridgehead atoms. The summed E-state index contributed by atoms with van der Waals surface area (Å²) in [5.41, 5.74) is -1.30. The van der Waals surface area contributed by atoms with E-state index in [-0.39, 0.29) is 12.6 Å². The van der Waals surface area contributed by atoms with Crippen LogP contribution in [-0.2, 0) is 9.59 Å². The Bertz CT molecular complexity index is 489. The minimum Gasteiger partial charge on any atom is -0.395 e. The van der Waals surface area contributed by atoms with Gasteiger partial charge in [0.25, 0.3) is 0 Å². The summed E-state index contributed by atoms with van der Waals surface area (Å²) in [5.74, 6) is -1.03. The second-order valence-corrected chi connectivity index (χ2v) is 7.21. The van der Waals surface area contributed by atoms with E-state index < -0.39 is 23.3 Å². The van der Waals surface area contributed by atoms with Crippen molar-refractivity contribution in [2.24, 2.45) is 5.41 Å². The summed E-state index contributed by atoms with van der Waals surface area (Å²) in [6.45, 7) is 4.40. The van der Waals surface area contributed by atoms with Crippen molar-refractivity contribution in [3.05, 3.63) is 0 Å².